The van der Waals surface area contributed by atoms with Crippen LogP contribution in [-0.2, 0) is 4.79 Å². The number of nitrogens with one attached hydrogen (secondary N) is 1. The summed E-state index contributed by atoms with van der Waals surface area (Å²) in [5, 5.41) is 3.34. The van der Waals surface area contributed by atoms with E-state index in [1.807, 2.05) is 4.90 Å². The highest BCUT2D eigenvalue weighted by molar-refractivity contribution is 5.83. The topological polar surface area (TPSA) is 32.3 Å². The second-order valence-corrected chi connectivity index (χ2v) is 6.51. The Kier molecular flexibility index (Phi) is 2.99. The predicted octanol–water partition coefficient (Wildman–Crippen LogP) is 1.75. The van der Waals surface area contributed by atoms with Gasteiger partial charge in [-0.15, -0.1) is 0 Å². The van der Waals surface area contributed by atoms with Gasteiger partial charge in [0.1, 0.15) is 11.6 Å². The fourth-order valence-corrected chi connectivity index (χ4v) is 3.92. The normalized spacial score (nSPS) is 34.1. The van der Waals surface area contributed by atoms with E-state index in [1.165, 1.54) is 18.2 Å². The lowest BCUT2D eigenvalue weighted by atomic mass is 10.0. The monoisotopic (exact) mass is 292 g/mol. The molecule has 1 aromatic rings. The molecule has 0 radical (unpaired) electrons. The van der Waals surface area contributed by atoms with E-state index in [2.05, 4.69) is 5.32 Å². The summed E-state index contributed by atoms with van der Waals surface area (Å²) >= 11 is 0. The Morgan fingerprint density at radius 1 is 1.14 bits per heavy atom. The van der Waals surface area contributed by atoms with E-state index >= 15 is 0 Å². The molecule has 1 saturated carbocycles. The van der Waals surface area contributed by atoms with Crippen molar-refractivity contribution in [1.29, 1.82) is 0 Å². The average molecular weight is 292 g/mol. The van der Waals surface area contributed by atoms with Gasteiger partial charge in [0.15, 0.2) is 0 Å². The summed E-state index contributed by atoms with van der Waals surface area (Å²) < 4.78 is 27.5. The second kappa shape index (κ2) is 4.77. The molecule has 1 amide bonds. The number of nitrogens with zero attached hydrogens (tertiary/aromatic N) is 1. The summed E-state index contributed by atoms with van der Waals surface area (Å²) in [6.07, 6.45) is 0.570. The zero-order valence-electron chi connectivity index (χ0n) is 11.7. The van der Waals surface area contributed by atoms with Crippen molar-refractivity contribution in [2.75, 3.05) is 26.2 Å². The van der Waals surface area contributed by atoms with Crippen molar-refractivity contribution in [3.8, 4) is 0 Å². The number of carbonyl (C=O) groups excluding carboxylic acids is 1. The molecule has 4 rings (SSSR count). The van der Waals surface area contributed by atoms with Crippen LogP contribution in [0, 0.1) is 29.4 Å². The van der Waals surface area contributed by atoms with E-state index in [0.29, 0.717) is 18.3 Å². The minimum Gasteiger partial charge on any atom is -0.342 e. The summed E-state index contributed by atoms with van der Waals surface area (Å²) in [6, 6.07) is 3.90. The van der Waals surface area contributed by atoms with E-state index < -0.39 is 11.6 Å². The number of rotatable bonds is 2. The lowest BCUT2D eigenvalue weighted by Crippen LogP contribution is -2.33. The molecule has 3 aliphatic rings. The van der Waals surface area contributed by atoms with Crippen molar-refractivity contribution in [2.24, 2.45) is 17.8 Å². The quantitative estimate of drug-likeness (QED) is 0.900. The maximum absolute atomic E-state index is 13.8. The fourth-order valence-electron chi connectivity index (χ4n) is 3.92. The smallest absolute Gasteiger partial charge is 0.226 e. The lowest BCUT2D eigenvalue weighted by molar-refractivity contribution is -0.131. The SMILES string of the molecule is O=C(C1CC1c1c(F)cccc1F)N1C[C@H]2CNC[C@H]2C1. The Morgan fingerprint density at radius 2 is 1.76 bits per heavy atom. The second-order valence-electron chi connectivity index (χ2n) is 6.51. The number of halogens is 2. The Bertz CT molecular complexity index is 559. The Balaban J connectivity index is 1.46. The molecule has 0 aromatic heterocycles. The maximum Gasteiger partial charge on any atom is 0.226 e. The van der Waals surface area contributed by atoms with Gasteiger partial charge in [0.05, 0.1) is 0 Å². The number of carbonyl (C=O) groups is 1. The Morgan fingerprint density at radius 3 is 2.38 bits per heavy atom. The van der Waals surface area contributed by atoms with Crippen molar-refractivity contribution >= 4 is 5.91 Å². The van der Waals surface area contributed by atoms with Gasteiger partial charge in [-0.25, -0.2) is 8.78 Å². The number of hydrogen-bond acceptors (Lipinski definition) is 2. The highest BCUT2D eigenvalue weighted by Gasteiger charge is 2.50. The summed E-state index contributed by atoms with van der Waals surface area (Å²) in [6.45, 7) is 3.54. The van der Waals surface area contributed by atoms with E-state index in [0.717, 1.165) is 26.2 Å². The zero-order chi connectivity index (χ0) is 14.6. The van der Waals surface area contributed by atoms with Crippen molar-refractivity contribution in [1.82, 2.24) is 10.2 Å². The van der Waals surface area contributed by atoms with Crippen LogP contribution in [0.4, 0.5) is 8.78 Å². The minimum absolute atomic E-state index is 0.0806. The molecule has 4 atom stereocenters. The third-order valence-corrected chi connectivity index (χ3v) is 5.18. The number of amides is 1. The zero-order valence-corrected chi connectivity index (χ0v) is 11.7. The van der Waals surface area contributed by atoms with Crippen LogP contribution >= 0.6 is 0 Å². The van der Waals surface area contributed by atoms with Gasteiger partial charge in [0.2, 0.25) is 5.91 Å². The lowest BCUT2D eigenvalue weighted by Gasteiger charge is -2.17. The van der Waals surface area contributed by atoms with E-state index in [-0.39, 0.29) is 23.3 Å². The van der Waals surface area contributed by atoms with E-state index in [9.17, 15) is 13.6 Å². The highest BCUT2D eigenvalue weighted by atomic mass is 19.1. The van der Waals surface area contributed by atoms with Gasteiger partial charge >= 0.3 is 0 Å². The molecule has 112 valence electrons. The molecular formula is C16H18F2N2O. The van der Waals surface area contributed by atoms with Crippen LogP contribution in [0.15, 0.2) is 18.2 Å². The van der Waals surface area contributed by atoms with Crippen LogP contribution in [0.25, 0.3) is 0 Å². The first-order valence-corrected chi connectivity index (χ1v) is 7.58. The third kappa shape index (κ3) is 2.14. The first-order valence-electron chi connectivity index (χ1n) is 7.58. The van der Waals surface area contributed by atoms with Gasteiger partial charge in [-0.3, -0.25) is 4.79 Å². The number of likely N-dealkylation sites (tertiary alicyclic amines) is 1. The predicted molar refractivity (Wildman–Crippen MR) is 73.6 cm³/mol. The van der Waals surface area contributed by atoms with Crippen LogP contribution in [0.1, 0.15) is 17.9 Å². The van der Waals surface area contributed by atoms with Crippen molar-refractivity contribution < 1.29 is 13.6 Å². The standard InChI is InChI=1S/C16H18F2N2O/c17-13-2-1-3-14(18)15(13)11-4-12(11)16(21)20-7-9-5-19-6-10(9)8-20/h1-3,9-12,19H,4-8H2/t9-,10+,11?,12?. The van der Waals surface area contributed by atoms with Crippen LogP contribution in [0.2, 0.25) is 0 Å². The molecule has 1 aliphatic carbocycles. The molecule has 1 N–H and O–H groups in total. The van der Waals surface area contributed by atoms with Crippen LogP contribution < -0.4 is 5.32 Å². The van der Waals surface area contributed by atoms with Gasteiger partial charge in [-0.1, -0.05) is 6.07 Å². The van der Waals surface area contributed by atoms with Crippen LogP contribution in [-0.4, -0.2) is 37.0 Å². The Labute approximate surface area is 122 Å². The fraction of sp³-hybridized carbons (Fsp3) is 0.562. The molecule has 3 nitrogen and oxygen atoms in total. The first-order chi connectivity index (χ1) is 10.1. The summed E-state index contributed by atoms with van der Waals surface area (Å²) in [4.78, 5) is 14.4. The van der Waals surface area contributed by atoms with Gasteiger partial charge in [-0.05, 0) is 30.4 Å². The molecule has 5 heteroatoms. The van der Waals surface area contributed by atoms with Gasteiger partial charge in [0, 0.05) is 43.6 Å². The van der Waals surface area contributed by atoms with Crippen molar-refractivity contribution in [3.05, 3.63) is 35.4 Å². The summed E-state index contributed by atoms with van der Waals surface area (Å²) in [5.41, 5.74) is 0.0944. The van der Waals surface area contributed by atoms with Crippen molar-refractivity contribution in [2.45, 2.75) is 12.3 Å². The number of hydrogen-bond donors (Lipinski definition) is 1. The highest BCUT2D eigenvalue weighted by Crippen LogP contribution is 2.50. The van der Waals surface area contributed by atoms with Gasteiger partial charge in [0.25, 0.3) is 0 Å². The molecule has 0 bridgehead atoms. The summed E-state index contributed by atoms with van der Waals surface area (Å²) in [5.74, 6) is -0.388. The number of fused-ring (bicyclic) bond motifs is 1. The van der Waals surface area contributed by atoms with E-state index in [1.54, 1.807) is 0 Å². The van der Waals surface area contributed by atoms with E-state index in [4.69, 9.17) is 0 Å². The Hall–Kier alpha value is -1.49. The largest absolute Gasteiger partial charge is 0.342 e. The third-order valence-electron chi connectivity index (χ3n) is 5.18. The average Bonchev–Trinajstić information content (AvgIpc) is 2.90. The summed E-state index contributed by atoms with van der Waals surface area (Å²) in [7, 11) is 0. The van der Waals surface area contributed by atoms with Crippen LogP contribution in [0.3, 0.4) is 0 Å². The van der Waals surface area contributed by atoms with Gasteiger partial charge in [-0.2, -0.15) is 0 Å². The molecule has 21 heavy (non-hydrogen) atoms. The molecule has 2 unspecified atom stereocenters. The molecule has 2 heterocycles. The number of benzene rings is 1. The molecule has 0 spiro atoms. The maximum atomic E-state index is 13.8. The van der Waals surface area contributed by atoms with Gasteiger partial charge < -0.3 is 10.2 Å². The van der Waals surface area contributed by atoms with Crippen LogP contribution in [0.5, 0.6) is 0 Å². The molecule has 1 aromatic carbocycles. The first kappa shape index (κ1) is 13.2. The van der Waals surface area contributed by atoms with Crippen molar-refractivity contribution in [3.63, 3.8) is 0 Å². The molecule has 2 saturated heterocycles. The molecular weight excluding hydrogens is 274 g/mol. The molecule has 3 fully saturated rings. The minimum atomic E-state index is -0.530. The molecule has 2 aliphatic heterocycles.